The first-order valence-corrected chi connectivity index (χ1v) is 11.3. The maximum atomic E-state index is 14.5. The van der Waals surface area contributed by atoms with Gasteiger partial charge in [0, 0.05) is 23.6 Å². The first kappa shape index (κ1) is 20.8. The lowest BCUT2D eigenvalue weighted by Crippen LogP contribution is -2.67. The number of methoxy groups -OCH3 is 1. The van der Waals surface area contributed by atoms with Crippen LogP contribution in [0.25, 0.3) is 0 Å². The molecule has 2 aliphatic heterocycles. The van der Waals surface area contributed by atoms with Crippen molar-refractivity contribution in [2.75, 3.05) is 27.3 Å². The molecular weight excluding hydrogens is 430 g/mol. The number of carbonyl (C=O) groups is 3. The van der Waals surface area contributed by atoms with Gasteiger partial charge < -0.3 is 9.47 Å². The molecule has 170 valence electrons. The lowest BCUT2D eigenvalue weighted by molar-refractivity contribution is 0.0134. The molecule has 1 aliphatic carbocycles. The van der Waals surface area contributed by atoms with Crippen molar-refractivity contribution in [1.82, 2.24) is 4.90 Å². The third-order valence-electron chi connectivity index (χ3n) is 7.85. The van der Waals surface area contributed by atoms with E-state index in [-0.39, 0.29) is 24.0 Å². The van der Waals surface area contributed by atoms with E-state index in [4.69, 9.17) is 9.47 Å². The average Bonchev–Trinajstić information content (AvgIpc) is 3.27. The van der Waals surface area contributed by atoms with Crippen LogP contribution < -0.4 is 9.47 Å². The number of likely N-dealkylation sites (N-methyl/N-ethyl adjacent to an activating group) is 1. The molecule has 1 fully saturated rings. The minimum atomic E-state index is -1.67. The van der Waals surface area contributed by atoms with Gasteiger partial charge in [0.1, 0.15) is 23.5 Å². The summed E-state index contributed by atoms with van der Waals surface area (Å²) in [4.78, 5) is 44.6. The van der Waals surface area contributed by atoms with Gasteiger partial charge in [-0.05, 0) is 36.9 Å². The summed E-state index contributed by atoms with van der Waals surface area (Å²) < 4.78 is 11.5. The number of hydrogen-bond acceptors (Lipinski definition) is 6. The van der Waals surface area contributed by atoms with Gasteiger partial charge in [-0.1, -0.05) is 48.5 Å². The molecule has 0 bridgehead atoms. The highest BCUT2D eigenvalue weighted by Gasteiger charge is 2.77. The van der Waals surface area contributed by atoms with Gasteiger partial charge in [-0.15, -0.1) is 0 Å². The molecular formula is C28H23NO5. The molecule has 0 amide bonds. The maximum absolute atomic E-state index is 14.5. The Morgan fingerprint density at radius 3 is 2.03 bits per heavy atom. The first-order chi connectivity index (χ1) is 16.5. The maximum Gasteiger partial charge on any atom is 0.193 e. The van der Waals surface area contributed by atoms with Crippen LogP contribution in [-0.4, -0.2) is 55.1 Å². The van der Waals surface area contributed by atoms with E-state index < -0.39 is 16.9 Å². The Morgan fingerprint density at radius 2 is 1.41 bits per heavy atom. The number of likely N-dealkylation sites (tertiary alicyclic amines) is 1. The summed E-state index contributed by atoms with van der Waals surface area (Å²) in [5, 5.41) is 0. The molecule has 2 atom stereocenters. The van der Waals surface area contributed by atoms with E-state index in [9.17, 15) is 14.4 Å². The van der Waals surface area contributed by atoms with E-state index in [0.717, 1.165) is 5.56 Å². The average molecular weight is 453 g/mol. The molecule has 34 heavy (non-hydrogen) atoms. The van der Waals surface area contributed by atoms with E-state index >= 15 is 0 Å². The van der Waals surface area contributed by atoms with Crippen molar-refractivity contribution in [2.24, 2.45) is 5.41 Å². The van der Waals surface area contributed by atoms with Crippen LogP contribution in [0, 0.1) is 5.41 Å². The molecule has 2 heterocycles. The number of Topliss-reactive ketones (excluding diaryl/α,β-unsaturated/α-hetero) is 3. The smallest absolute Gasteiger partial charge is 0.193 e. The van der Waals surface area contributed by atoms with Gasteiger partial charge in [0.15, 0.2) is 22.9 Å². The van der Waals surface area contributed by atoms with E-state index in [0.29, 0.717) is 34.7 Å². The molecule has 3 aliphatic rings. The Bertz CT molecular complexity index is 1330. The molecule has 0 aromatic heterocycles. The number of carbonyl (C=O) groups excluding carboxylic acids is 3. The van der Waals surface area contributed by atoms with Crippen molar-refractivity contribution in [1.29, 1.82) is 0 Å². The molecule has 6 nitrogen and oxygen atoms in total. The van der Waals surface area contributed by atoms with Crippen molar-refractivity contribution in [2.45, 2.75) is 11.5 Å². The van der Waals surface area contributed by atoms with Crippen LogP contribution in [0.3, 0.4) is 0 Å². The van der Waals surface area contributed by atoms with Crippen LogP contribution in [0.5, 0.6) is 11.5 Å². The Hall–Kier alpha value is -3.77. The predicted molar refractivity (Wildman–Crippen MR) is 125 cm³/mol. The van der Waals surface area contributed by atoms with Gasteiger partial charge in [0.05, 0.1) is 12.7 Å². The van der Waals surface area contributed by atoms with Crippen molar-refractivity contribution < 1.29 is 23.9 Å². The fraction of sp³-hybridized carbons (Fsp3) is 0.250. The summed E-state index contributed by atoms with van der Waals surface area (Å²) in [7, 11) is 3.36. The minimum Gasteiger partial charge on any atom is -0.497 e. The highest BCUT2D eigenvalue weighted by molar-refractivity contribution is 6.36. The van der Waals surface area contributed by atoms with Crippen molar-refractivity contribution in [3.63, 3.8) is 0 Å². The second-order valence-corrected chi connectivity index (χ2v) is 9.21. The highest BCUT2D eigenvalue weighted by atomic mass is 16.5. The SMILES string of the molecule is COc1ccc([C@@H]2CN(C)C3(C(=O)c4ccccc4C3=O)[C@]23COc2ccccc2C3=O)cc1. The third-order valence-corrected chi connectivity index (χ3v) is 7.85. The van der Waals surface area contributed by atoms with E-state index in [2.05, 4.69) is 0 Å². The Labute approximate surface area is 197 Å². The summed E-state index contributed by atoms with van der Waals surface area (Å²) in [6.07, 6.45) is 0. The summed E-state index contributed by atoms with van der Waals surface area (Å²) >= 11 is 0. The van der Waals surface area contributed by atoms with Crippen molar-refractivity contribution in [3.8, 4) is 11.5 Å². The lowest BCUT2D eigenvalue weighted by Gasteiger charge is -2.46. The highest BCUT2D eigenvalue weighted by Crippen LogP contribution is 2.61. The van der Waals surface area contributed by atoms with Gasteiger partial charge in [0.25, 0.3) is 0 Å². The number of nitrogens with zero attached hydrogens (tertiary/aromatic N) is 1. The summed E-state index contributed by atoms with van der Waals surface area (Å²) in [6, 6.07) is 21.4. The Kier molecular flexibility index (Phi) is 4.35. The minimum absolute atomic E-state index is 0.0602. The standard InChI is InChI=1S/C28H23NO5/c1-29-15-22(17-11-13-18(33-2)14-12-17)27(16-34-23-10-6-5-9-21(23)24(27)30)28(29)25(31)19-7-3-4-8-20(19)26(28)32/h3-14,22H,15-16H2,1-2H3/t22-,27+/m0/s1. The normalized spacial score (nSPS) is 24.9. The Balaban J connectivity index is 1.63. The van der Waals surface area contributed by atoms with Crippen LogP contribution in [0.15, 0.2) is 72.8 Å². The molecule has 3 aromatic rings. The third kappa shape index (κ3) is 2.31. The van der Waals surface area contributed by atoms with Crippen LogP contribution >= 0.6 is 0 Å². The largest absolute Gasteiger partial charge is 0.497 e. The number of para-hydroxylation sites is 1. The fourth-order valence-electron chi connectivity index (χ4n) is 6.31. The second kappa shape index (κ2) is 7.11. The first-order valence-electron chi connectivity index (χ1n) is 11.3. The van der Waals surface area contributed by atoms with Crippen LogP contribution in [0.2, 0.25) is 0 Å². The number of rotatable bonds is 2. The molecule has 6 rings (SSSR count). The Morgan fingerprint density at radius 1 is 0.824 bits per heavy atom. The fourth-order valence-corrected chi connectivity index (χ4v) is 6.31. The van der Waals surface area contributed by atoms with E-state index in [1.807, 2.05) is 30.3 Å². The van der Waals surface area contributed by atoms with Crippen molar-refractivity contribution in [3.05, 3.63) is 95.1 Å². The molecule has 0 N–H and O–H groups in total. The monoisotopic (exact) mass is 453 g/mol. The summed E-state index contributed by atoms with van der Waals surface area (Å²) in [5.41, 5.74) is -1.11. The number of ketones is 3. The van der Waals surface area contributed by atoms with Crippen LogP contribution in [0.1, 0.15) is 42.6 Å². The number of ether oxygens (including phenoxy) is 2. The quantitative estimate of drug-likeness (QED) is 0.550. The molecule has 0 saturated carbocycles. The lowest BCUT2D eigenvalue weighted by atomic mass is 9.57. The van der Waals surface area contributed by atoms with Crippen LogP contribution in [-0.2, 0) is 0 Å². The molecule has 2 spiro atoms. The van der Waals surface area contributed by atoms with Crippen LogP contribution in [0.4, 0.5) is 0 Å². The zero-order valence-electron chi connectivity index (χ0n) is 18.9. The van der Waals surface area contributed by atoms with Gasteiger partial charge >= 0.3 is 0 Å². The topological polar surface area (TPSA) is 72.9 Å². The van der Waals surface area contributed by atoms with E-state index in [1.54, 1.807) is 61.5 Å². The zero-order chi connectivity index (χ0) is 23.7. The number of benzene rings is 3. The molecule has 6 heteroatoms. The van der Waals surface area contributed by atoms with E-state index in [1.165, 1.54) is 0 Å². The van der Waals surface area contributed by atoms with Gasteiger partial charge in [-0.3, -0.25) is 19.3 Å². The van der Waals surface area contributed by atoms with Crippen molar-refractivity contribution >= 4 is 17.3 Å². The molecule has 0 unspecified atom stereocenters. The van der Waals surface area contributed by atoms with Gasteiger partial charge in [-0.2, -0.15) is 0 Å². The predicted octanol–water partition coefficient (Wildman–Crippen LogP) is 3.80. The summed E-state index contributed by atoms with van der Waals surface area (Å²) in [5.74, 6) is -0.158. The molecule has 3 aromatic carbocycles. The van der Waals surface area contributed by atoms with Gasteiger partial charge in [-0.25, -0.2) is 0 Å². The van der Waals surface area contributed by atoms with Gasteiger partial charge in [0.2, 0.25) is 0 Å². The summed E-state index contributed by atoms with van der Waals surface area (Å²) in [6.45, 7) is 0.296. The number of hydrogen-bond donors (Lipinski definition) is 0. The zero-order valence-corrected chi connectivity index (χ0v) is 18.9. The number of fused-ring (bicyclic) bond motifs is 3. The second-order valence-electron chi connectivity index (χ2n) is 9.21. The molecule has 0 radical (unpaired) electrons. The molecule has 1 saturated heterocycles.